The quantitative estimate of drug-likeness (QED) is 0.592. The molecule has 108 valence electrons. The van der Waals surface area contributed by atoms with Gasteiger partial charge in [-0.25, -0.2) is 0 Å². The molecule has 0 aliphatic heterocycles. The fourth-order valence-corrected chi connectivity index (χ4v) is 2.78. The molecular formula is C13H24ClN5. The van der Waals surface area contributed by atoms with Crippen molar-refractivity contribution in [2.24, 2.45) is 11.8 Å². The Balaban J connectivity index is 2.08. The summed E-state index contributed by atoms with van der Waals surface area (Å²) in [5.41, 5.74) is 3.94. The fourth-order valence-electron chi connectivity index (χ4n) is 2.51. The molecule has 1 unspecified atom stereocenters. The number of aromatic nitrogens is 2. The molecule has 1 aliphatic rings. The van der Waals surface area contributed by atoms with Crippen LogP contribution in [0, 0.1) is 5.92 Å². The molecule has 1 fully saturated rings. The highest BCUT2D eigenvalue weighted by Crippen LogP contribution is 2.36. The number of rotatable bonds is 7. The molecular weight excluding hydrogens is 262 g/mol. The van der Waals surface area contributed by atoms with E-state index in [-0.39, 0.29) is 6.04 Å². The van der Waals surface area contributed by atoms with Crippen LogP contribution in [0.15, 0.2) is 6.20 Å². The van der Waals surface area contributed by atoms with E-state index in [2.05, 4.69) is 29.5 Å². The van der Waals surface area contributed by atoms with E-state index in [1.54, 1.807) is 6.20 Å². The molecule has 0 aromatic carbocycles. The first-order valence-electron chi connectivity index (χ1n) is 6.94. The van der Waals surface area contributed by atoms with Gasteiger partial charge >= 0.3 is 0 Å². The standard InChI is InChI=1S/C13H24ClN5/c1-18(2)6-7-19-13(11(14)9-16-19)12(17-15)8-10-4-3-5-10/h9-10,12,17H,3-8,15H2,1-2H3. The second kappa shape index (κ2) is 6.70. The number of hydrogen-bond donors (Lipinski definition) is 2. The molecule has 0 saturated heterocycles. The number of likely N-dealkylation sites (N-methyl/N-ethyl adjacent to an activating group) is 1. The van der Waals surface area contributed by atoms with Crippen molar-refractivity contribution in [1.82, 2.24) is 20.1 Å². The third-order valence-corrected chi connectivity index (χ3v) is 4.21. The molecule has 5 nitrogen and oxygen atoms in total. The van der Waals surface area contributed by atoms with Gasteiger partial charge in [-0.3, -0.25) is 16.0 Å². The lowest BCUT2D eigenvalue weighted by molar-refractivity contribution is 0.255. The smallest absolute Gasteiger partial charge is 0.0834 e. The number of nitrogens with zero attached hydrogens (tertiary/aromatic N) is 3. The van der Waals surface area contributed by atoms with Gasteiger partial charge in [-0.2, -0.15) is 5.10 Å². The lowest BCUT2D eigenvalue weighted by Crippen LogP contribution is -2.33. The minimum absolute atomic E-state index is 0.0995. The van der Waals surface area contributed by atoms with Crippen molar-refractivity contribution in [3.8, 4) is 0 Å². The summed E-state index contributed by atoms with van der Waals surface area (Å²) in [6, 6.07) is 0.0995. The third-order valence-electron chi connectivity index (χ3n) is 3.92. The van der Waals surface area contributed by atoms with Crippen LogP contribution in [0.25, 0.3) is 0 Å². The van der Waals surface area contributed by atoms with Gasteiger partial charge in [0.2, 0.25) is 0 Å². The SMILES string of the molecule is CN(C)CCn1ncc(Cl)c1C(CC1CCC1)NN. The molecule has 6 heteroatoms. The molecule has 1 atom stereocenters. The van der Waals surface area contributed by atoms with Crippen molar-refractivity contribution in [3.63, 3.8) is 0 Å². The van der Waals surface area contributed by atoms with Gasteiger partial charge in [-0.05, 0) is 26.4 Å². The summed E-state index contributed by atoms with van der Waals surface area (Å²) in [4.78, 5) is 2.14. The van der Waals surface area contributed by atoms with Crippen molar-refractivity contribution in [1.29, 1.82) is 0 Å². The van der Waals surface area contributed by atoms with E-state index >= 15 is 0 Å². The van der Waals surface area contributed by atoms with Crippen molar-refractivity contribution >= 4 is 11.6 Å². The van der Waals surface area contributed by atoms with Crippen molar-refractivity contribution in [3.05, 3.63) is 16.9 Å². The molecule has 1 aliphatic carbocycles. The van der Waals surface area contributed by atoms with Gasteiger partial charge in [-0.15, -0.1) is 0 Å². The van der Waals surface area contributed by atoms with E-state index in [0.29, 0.717) is 5.02 Å². The van der Waals surface area contributed by atoms with Crippen LogP contribution in [0.5, 0.6) is 0 Å². The summed E-state index contributed by atoms with van der Waals surface area (Å²) in [5, 5.41) is 5.08. The largest absolute Gasteiger partial charge is 0.308 e. The first kappa shape index (κ1) is 14.8. The average Bonchev–Trinajstić information content (AvgIpc) is 2.67. The van der Waals surface area contributed by atoms with Crippen LogP contribution in [0.4, 0.5) is 0 Å². The van der Waals surface area contributed by atoms with Crippen molar-refractivity contribution in [2.45, 2.75) is 38.3 Å². The highest BCUT2D eigenvalue weighted by molar-refractivity contribution is 6.31. The zero-order valence-corrected chi connectivity index (χ0v) is 12.5. The maximum atomic E-state index is 6.29. The van der Waals surface area contributed by atoms with Gasteiger partial charge < -0.3 is 4.90 Å². The Kier molecular flexibility index (Phi) is 5.21. The lowest BCUT2D eigenvalue weighted by atomic mass is 9.80. The second-order valence-electron chi connectivity index (χ2n) is 5.66. The fraction of sp³-hybridized carbons (Fsp3) is 0.769. The zero-order valence-electron chi connectivity index (χ0n) is 11.8. The maximum Gasteiger partial charge on any atom is 0.0834 e. The molecule has 3 N–H and O–H groups in total. The Morgan fingerprint density at radius 3 is 2.84 bits per heavy atom. The molecule has 1 aromatic heterocycles. The van der Waals surface area contributed by atoms with Gasteiger partial charge in [-0.1, -0.05) is 30.9 Å². The average molecular weight is 286 g/mol. The van der Waals surface area contributed by atoms with Gasteiger partial charge in [0.15, 0.2) is 0 Å². The molecule has 1 aromatic rings. The molecule has 0 amide bonds. The van der Waals surface area contributed by atoms with Crippen LogP contribution in [-0.2, 0) is 6.54 Å². The van der Waals surface area contributed by atoms with E-state index in [0.717, 1.165) is 31.1 Å². The minimum atomic E-state index is 0.0995. The van der Waals surface area contributed by atoms with E-state index in [4.69, 9.17) is 17.4 Å². The highest BCUT2D eigenvalue weighted by Gasteiger charge is 2.26. The van der Waals surface area contributed by atoms with Gasteiger partial charge in [0.05, 0.1) is 29.5 Å². The molecule has 0 bridgehead atoms. The van der Waals surface area contributed by atoms with Crippen LogP contribution in [0.3, 0.4) is 0 Å². The van der Waals surface area contributed by atoms with Gasteiger partial charge in [0.1, 0.15) is 0 Å². The van der Waals surface area contributed by atoms with Crippen LogP contribution in [0.2, 0.25) is 5.02 Å². The Morgan fingerprint density at radius 2 is 2.32 bits per heavy atom. The first-order valence-corrected chi connectivity index (χ1v) is 7.31. The molecule has 0 spiro atoms. The summed E-state index contributed by atoms with van der Waals surface area (Å²) in [6.07, 6.45) is 6.72. The first-order chi connectivity index (χ1) is 9.11. The summed E-state index contributed by atoms with van der Waals surface area (Å²) in [7, 11) is 4.11. The number of hydrazine groups is 1. The van der Waals surface area contributed by atoms with Gasteiger partial charge in [0.25, 0.3) is 0 Å². The summed E-state index contributed by atoms with van der Waals surface area (Å²) >= 11 is 6.29. The monoisotopic (exact) mass is 285 g/mol. The summed E-state index contributed by atoms with van der Waals surface area (Å²) in [6.45, 7) is 1.77. The third kappa shape index (κ3) is 3.69. The normalized spacial score (nSPS) is 17.7. The van der Waals surface area contributed by atoms with Crippen LogP contribution < -0.4 is 11.3 Å². The number of nitrogens with one attached hydrogen (secondary N) is 1. The van der Waals surface area contributed by atoms with Crippen molar-refractivity contribution < 1.29 is 0 Å². The van der Waals surface area contributed by atoms with E-state index in [1.165, 1.54) is 19.3 Å². The van der Waals surface area contributed by atoms with E-state index < -0.39 is 0 Å². The predicted molar refractivity (Wildman–Crippen MR) is 77.8 cm³/mol. The number of nitrogens with two attached hydrogens (primary N) is 1. The molecule has 1 saturated carbocycles. The lowest BCUT2D eigenvalue weighted by Gasteiger charge is -2.30. The van der Waals surface area contributed by atoms with Crippen molar-refractivity contribution in [2.75, 3.05) is 20.6 Å². The Hall–Kier alpha value is -0.620. The molecule has 1 heterocycles. The number of hydrogen-bond acceptors (Lipinski definition) is 4. The van der Waals surface area contributed by atoms with E-state index in [1.807, 2.05) is 4.68 Å². The maximum absolute atomic E-state index is 6.29. The van der Waals surface area contributed by atoms with E-state index in [9.17, 15) is 0 Å². The van der Waals surface area contributed by atoms with Crippen LogP contribution in [-0.4, -0.2) is 35.3 Å². The molecule has 19 heavy (non-hydrogen) atoms. The summed E-state index contributed by atoms with van der Waals surface area (Å²) in [5.74, 6) is 6.50. The van der Waals surface area contributed by atoms with Crippen LogP contribution in [0.1, 0.15) is 37.4 Å². The Bertz CT molecular complexity index is 400. The topological polar surface area (TPSA) is 59.1 Å². The highest BCUT2D eigenvalue weighted by atomic mass is 35.5. The minimum Gasteiger partial charge on any atom is -0.308 e. The Labute approximate surface area is 120 Å². The number of halogens is 1. The second-order valence-corrected chi connectivity index (χ2v) is 6.06. The molecule has 0 radical (unpaired) electrons. The van der Waals surface area contributed by atoms with Gasteiger partial charge in [0, 0.05) is 6.54 Å². The zero-order chi connectivity index (χ0) is 13.8. The molecule has 2 rings (SSSR count). The summed E-state index contributed by atoms with van der Waals surface area (Å²) < 4.78 is 1.98. The predicted octanol–water partition coefficient (Wildman–Crippen LogP) is 1.79. The van der Waals surface area contributed by atoms with Crippen LogP contribution >= 0.6 is 11.6 Å². The Morgan fingerprint density at radius 1 is 1.58 bits per heavy atom.